The summed E-state index contributed by atoms with van der Waals surface area (Å²) >= 11 is 9.05. The van der Waals surface area contributed by atoms with Crippen molar-refractivity contribution < 1.29 is 18.3 Å². The van der Waals surface area contributed by atoms with Gasteiger partial charge in [0.2, 0.25) is 10.0 Å². The Kier molecular flexibility index (Phi) is 4.73. The van der Waals surface area contributed by atoms with Crippen LogP contribution in [0.25, 0.3) is 0 Å². The molecule has 8 heteroatoms. The third kappa shape index (κ3) is 3.52. The molecule has 0 aliphatic heterocycles. The van der Waals surface area contributed by atoms with E-state index in [4.69, 9.17) is 16.7 Å². The zero-order valence-electron chi connectivity index (χ0n) is 10.4. The van der Waals surface area contributed by atoms with E-state index in [9.17, 15) is 13.2 Å². The van der Waals surface area contributed by atoms with Crippen LogP contribution in [-0.2, 0) is 14.8 Å². The van der Waals surface area contributed by atoms with Crippen molar-refractivity contribution in [3.8, 4) is 0 Å². The molecule has 0 bridgehead atoms. The minimum atomic E-state index is -3.69. The number of nitrogens with zero attached hydrogens (tertiary/aromatic N) is 1. The van der Waals surface area contributed by atoms with E-state index in [0.717, 1.165) is 12.8 Å². The number of halogens is 2. The van der Waals surface area contributed by atoms with Crippen molar-refractivity contribution in [2.24, 2.45) is 0 Å². The van der Waals surface area contributed by atoms with E-state index in [1.807, 2.05) is 0 Å². The molecule has 0 radical (unpaired) electrons. The van der Waals surface area contributed by atoms with Gasteiger partial charge < -0.3 is 5.11 Å². The Morgan fingerprint density at radius 1 is 1.45 bits per heavy atom. The van der Waals surface area contributed by atoms with Crippen molar-refractivity contribution >= 4 is 43.5 Å². The maximum atomic E-state index is 12.6. The second-order valence-corrected chi connectivity index (χ2v) is 7.72. The number of benzene rings is 1. The number of aliphatic carboxylic acids is 1. The van der Waals surface area contributed by atoms with Gasteiger partial charge in [-0.2, -0.15) is 4.31 Å². The van der Waals surface area contributed by atoms with Gasteiger partial charge in [-0.05, 0) is 47.0 Å². The molecule has 1 aromatic rings. The molecule has 20 heavy (non-hydrogen) atoms. The van der Waals surface area contributed by atoms with E-state index in [0.29, 0.717) is 9.50 Å². The van der Waals surface area contributed by atoms with Crippen molar-refractivity contribution in [2.75, 3.05) is 6.54 Å². The van der Waals surface area contributed by atoms with E-state index >= 15 is 0 Å². The van der Waals surface area contributed by atoms with E-state index in [1.54, 1.807) is 0 Å². The fourth-order valence-corrected chi connectivity index (χ4v) is 4.20. The van der Waals surface area contributed by atoms with Gasteiger partial charge >= 0.3 is 5.97 Å². The van der Waals surface area contributed by atoms with Crippen molar-refractivity contribution in [1.29, 1.82) is 0 Å². The molecule has 1 aliphatic carbocycles. The summed E-state index contributed by atoms with van der Waals surface area (Å²) in [6.45, 7) is -0.0113. The Bertz CT molecular complexity index is 630. The lowest BCUT2D eigenvalue weighted by molar-refractivity contribution is -0.137. The summed E-state index contributed by atoms with van der Waals surface area (Å²) in [7, 11) is -3.69. The third-order valence-corrected chi connectivity index (χ3v) is 6.16. The lowest BCUT2D eigenvalue weighted by atomic mass is 10.4. The summed E-state index contributed by atoms with van der Waals surface area (Å²) in [4.78, 5) is 10.8. The summed E-state index contributed by atoms with van der Waals surface area (Å²) in [6.07, 6.45) is 1.34. The molecule has 0 aromatic heterocycles. The summed E-state index contributed by atoms with van der Waals surface area (Å²) < 4.78 is 26.9. The highest BCUT2D eigenvalue weighted by atomic mass is 79.9. The molecule has 1 aromatic carbocycles. The predicted octanol–water partition coefficient (Wildman–Crippen LogP) is 2.73. The molecule has 0 atom stereocenters. The molecule has 2 rings (SSSR count). The Morgan fingerprint density at radius 2 is 2.10 bits per heavy atom. The fraction of sp³-hybridized carbons (Fsp3) is 0.417. The first-order valence-corrected chi connectivity index (χ1v) is 8.62. The molecule has 0 spiro atoms. The lowest BCUT2D eigenvalue weighted by Crippen LogP contribution is -2.35. The number of carbonyl (C=O) groups is 1. The molecular formula is C12H13BrClNO4S. The van der Waals surface area contributed by atoms with E-state index in [1.165, 1.54) is 22.5 Å². The highest BCUT2D eigenvalue weighted by molar-refractivity contribution is 9.10. The Balaban J connectivity index is 2.29. The molecule has 0 unspecified atom stereocenters. The van der Waals surface area contributed by atoms with E-state index < -0.39 is 16.0 Å². The highest BCUT2D eigenvalue weighted by Crippen LogP contribution is 2.34. The summed E-state index contributed by atoms with van der Waals surface area (Å²) in [6, 6.07) is 4.28. The van der Waals surface area contributed by atoms with Crippen LogP contribution in [0.3, 0.4) is 0 Å². The van der Waals surface area contributed by atoms with Crippen molar-refractivity contribution in [3.63, 3.8) is 0 Å². The van der Waals surface area contributed by atoms with E-state index in [2.05, 4.69) is 15.9 Å². The molecule has 110 valence electrons. The second kappa shape index (κ2) is 6.01. The fourth-order valence-electron chi connectivity index (χ4n) is 1.84. The average molecular weight is 383 g/mol. The second-order valence-electron chi connectivity index (χ2n) is 4.57. The molecule has 5 nitrogen and oxygen atoms in total. The van der Waals surface area contributed by atoms with Crippen LogP contribution in [0.4, 0.5) is 0 Å². The number of sulfonamides is 1. The van der Waals surface area contributed by atoms with Gasteiger partial charge in [0.05, 0.1) is 16.3 Å². The molecule has 0 amide bonds. The number of rotatable bonds is 6. The van der Waals surface area contributed by atoms with Crippen molar-refractivity contribution in [1.82, 2.24) is 4.31 Å². The first-order chi connectivity index (χ1) is 9.32. The van der Waals surface area contributed by atoms with Gasteiger partial charge in [-0.3, -0.25) is 4.79 Å². The predicted molar refractivity (Wildman–Crippen MR) is 78.3 cm³/mol. The number of hydrogen-bond donors (Lipinski definition) is 1. The molecule has 1 saturated carbocycles. The lowest BCUT2D eigenvalue weighted by Gasteiger charge is -2.21. The Labute approximate surface area is 130 Å². The number of hydrogen-bond acceptors (Lipinski definition) is 3. The van der Waals surface area contributed by atoms with Crippen LogP contribution >= 0.6 is 27.5 Å². The molecule has 0 saturated heterocycles. The van der Waals surface area contributed by atoms with Gasteiger partial charge in [-0.15, -0.1) is 0 Å². The highest BCUT2D eigenvalue weighted by Gasteiger charge is 2.38. The maximum Gasteiger partial charge on any atom is 0.304 e. The van der Waals surface area contributed by atoms with Crippen LogP contribution < -0.4 is 0 Å². The SMILES string of the molecule is O=C(O)CCN(C1CC1)S(=O)(=O)c1ccc(Cl)c(Br)c1. The Morgan fingerprint density at radius 3 is 2.60 bits per heavy atom. The van der Waals surface area contributed by atoms with Crippen molar-refractivity contribution in [3.05, 3.63) is 27.7 Å². The van der Waals surface area contributed by atoms with Crippen LogP contribution in [0.2, 0.25) is 5.02 Å². The average Bonchev–Trinajstić information content (AvgIpc) is 3.16. The number of carboxylic acid groups (broad SMARTS) is 1. The van der Waals surface area contributed by atoms with Crippen LogP contribution in [0, 0.1) is 0 Å². The quantitative estimate of drug-likeness (QED) is 0.821. The van der Waals surface area contributed by atoms with Gasteiger partial charge in [0, 0.05) is 17.1 Å². The van der Waals surface area contributed by atoms with Gasteiger partial charge in [0.25, 0.3) is 0 Å². The molecular weight excluding hydrogens is 370 g/mol. The van der Waals surface area contributed by atoms with Gasteiger partial charge in [-0.1, -0.05) is 11.6 Å². The van der Waals surface area contributed by atoms with Crippen LogP contribution in [-0.4, -0.2) is 36.4 Å². The third-order valence-electron chi connectivity index (χ3n) is 3.00. The minimum Gasteiger partial charge on any atom is -0.481 e. The van der Waals surface area contributed by atoms with Gasteiger partial charge in [0.1, 0.15) is 0 Å². The summed E-state index contributed by atoms with van der Waals surface area (Å²) in [5.41, 5.74) is 0. The zero-order chi connectivity index (χ0) is 14.9. The molecule has 1 fully saturated rings. The largest absolute Gasteiger partial charge is 0.481 e. The minimum absolute atomic E-state index is 0.0113. The monoisotopic (exact) mass is 381 g/mol. The molecule has 1 aliphatic rings. The smallest absolute Gasteiger partial charge is 0.304 e. The zero-order valence-corrected chi connectivity index (χ0v) is 13.6. The first kappa shape index (κ1) is 15.8. The topological polar surface area (TPSA) is 74.7 Å². The van der Waals surface area contributed by atoms with Crippen molar-refractivity contribution in [2.45, 2.75) is 30.2 Å². The first-order valence-electron chi connectivity index (χ1n) is 6.01. The molecule has 0 heterocycles. The maximum absolute atomic E-state index is 12.6. The summed E-state index contributed by atoms with van der Waals surface area (Å²) in [5, 5.41) is 9.16. The van der Waals surface area contributed by atoms with Crippen LogP contribution in [0.5, 0.6) is 0 Å². The number of carboxylic acids is 1. The Hall–Kier alpha value is -0.630. The normalized spacial score (nSPS) is 15.6. The standard InChI is InChI=1S/C12H13BrClNO4S/c13-10-7-9(3-4-11(10)14)20(18,19)15(8-1-2-8)6-5-12(16)17/h3-4,7-8H,1-2,5-6H2,(H,16,17). The van der Waals surface area contributed by atoms with Gasteiger partial charge in [-0.25, -0.2) is 8.42 Å². The molecule has 1 N–H and O–H groups in total. The van der Waals surface area contributed by atoms with Gasteiger partial charge in [0.15, 0.2) is 0 Å². The van der Waals surface area contributed by atoms with E-state index in [-0.39, 0.29) is 23.9 Å². The van der Waals surface area contributed by atoms with Crippen LogP contribution in [0.15, 0.2) is 27.6 Å². The summed E-state index contributed by atoms with van der Waals surface area (Å²) in [5.74, 6) is -1.01. The van der Waals surface area contributed by atoms with Crippen LogP contribution in [0.1, 0.15) is 19.3 Å².